The monoisotopic (exact) mass is 336 g/mol. The Balaban J connectivity index is 1.67. The first-order valence-corrected chi connectivity index (χ1v) is 8.71. The average Bonchev–Trinajstić information content (AvgIpc) is 3.21. The zero-order chi connectivity index (χ0) is 17.1. The lowest BCUT2D eigenvalue weighted by Gasteiger charge is -2.34. The van der Waals surface area contributed by atoms with E-state index in [1.165, 1.54) is 0 Å². The predicted octanol–water partition coefficient (Wildman–Crippen LogP) is 0.508. The van der Waals surface area contributed by atoms with Crippen LogP contribution in [-0.4, -0.2) is 89.2 Å². The SMILES string of the molecule is CN(C)CCOCC1CN(C(=O)N2CCCC2)Cc2nnn(C)c21. The van der Waals surface area contributed by atoms with Gasteiger partial charge in [0.15, 0.2) is 0 Å². The van der Waals surface area contributed by atoms with E-state index in [-0.39, 0.29) is 11.9 Å². The molecule has 0 radical (unpaired) electrons. The fourth-order valence-corrected chi connectivity index (χ4v) is 3.48. The quantitative estimate of drug-likeness (QED) is 0.733. The van der Waals surface area contributed by atoms with Crippen molar-refractivity contribution in [3.05, 3.63) is 11.4 Å². The summed E-state index contributed by atoms with van der Waals surface area (Å²) in [7, 11) is 5.98. The van der Waals surface area contributed by atoms with Crippen LogP contribution in [0.3, 0.4) is 0 Å². The standard InChI is InChI=1S/C16H28N6O2/c1-19(2)8-9-24-12-13-10-22(16(23)21-6-4-5-7-21)11-14-15(13)20(3)18-17-14/h13H,4-12H2,1-3H3. The Hall–Kier alpha value is -1.67. The maximum atomic E-state index is 12.7. The molecule has 0 aromatic carbocycles. The summed E-state index contributed by atoms with van der Waals surface area (Å²) in [5.41, 5.74) is 2.00. The molecular weight excluding hydrogens is 308 g/mol. The Bertz CT molecular complexity index is 567. The Morgan fingerprint density at radius 1 is 1.29 bits per heavy atom. The van der Waals surface area contributed by atoms with Crippen LogP contribution >= 0.6 is 0 Å². The lowest BCUT2D eigenvalue weighted by atomic mass is 9.99. The van der Waals surface area contributed by atoms with Gasteiger partial charge in [-0.15, -0.1) is 5.10 Å². The van der Waals surface area contributed by atoms with Gasteiger partial charge in [0.1, 0.15) is 5.69 Å². The maximum absolute atomic E-state index is 12.7. The molecule has 3 heterocycles. The molecule has 24 heavy (non-hydrogen) atoms. The molecule has 8 nitrogen and oxygen atoms in total. The number of nitrogens with zero attached hydrogens (tertiary/aromatic N) is 6. The molecule has 1 saturated heterocycles. The van der Waals surface area contributed by atoms with E-state index in [2.05, 4.69) is 15.2 Å². The fourth-order valence-electron chi connectivity index (χ4n) is 3.48. The Labute approximate surface area is 143 Å². The van der Waals surface area contributed by atoms with Crippen molar-refractivity contribution in [3.63, 3.8) is 0 Å². The highest BCUT2D eigenvalue weighted by atomic mass is 16.5. The van der Waals surface area contributed by atoms with Crippen molar-refractivity contribution in [2.45, 2.75) is 25.3 Å². The molecule has 2 amide bonds. The van der Waals surface area contributed by atoms with Gasteiger partial charge in [0.25, 0.3) is 0 Å². The molecule has 0 spiro atoms. The summed E-state index contributed by atoms with van der Waals surface area (Å²) in [5.74, 6) is 0.127. The van der Waals surface area contributed by atoms with Crippen LogP contribution in [0.2, 0.25) is 0 Å². The van der Waals surface area contributed by atoms with Gasteiger partial charge in [-0.3, -0.25) is 4.68 Å². The molecule has 1 aromatic rings. The summed E-state index contributed by atoms with van der Waals surface area (Å²) in [6, 6.07) is 0.127. The fraction of sp³-hybridized carbons (Fsp3) is 0.812. The lowest BCUT2D eigenvalue weighted by Crippen LogP contribution is -2.46. The van der Waals surface area contributed by atoms with Crippen LogP contribution in [0.4, 0.5) is 4.79 Å². The average molecular weight is 336 g/mol. The molecule has 0 aliphatic carbocycles. The van der Waals surface area contributed by atoms with Crippen LogP contribution in [-0.2, 0) is 18.3 Å². The number of carbonyl (C=O) groups excluding carboxylic acids is 1. The van der Waals surface area contributed by atoms with Gasteiger partial charge < -0.3 is 19.4 Å². The minimum atomic E-state index is 0.127. The molecule has 1 atom stereocenters. The van der Waals surface area contributed by atoms with E-state index in [0.717, 1.165) is 43.9 Å². The number of aryl methyl sites for hydroxylation is 1. The summed E-state index contributed by atoms with van der Waals surface area (Å²) >= 11 is 0. The number of carbonyl (C=O) groups is 1. The van der Waals surface area contributed by atoms with Crippen molar-refractivity contribution in [3.8, 4) is 0 Å². The molecule has 1 unspecified atom stereocenters. The van der Waals surface area contributed by atoms with Gasteiger partial charge in [-0.1, -0.05) is 5.21 Å². The summed E-state index contributed by atoms with van der Waals surface area (Å²) in [6.45, 7) is 5.12. The number of ether oxygens (including phenoxy) is 1. The first-order chi connectivity index (χ1) is 11.6. The molecule has 2 aliphatic heterocycles. The van der Waals surface area contributed by atoms with Crippen molar-refractivity contribution in [1.82, 2.24) is 29.7 Å². The van der Waals surface area contributed by atoms with Crippen molar-refractivity contribution in [2.75, 3.05) is 53.5 Å². The van der Waals surface area contributed by atoms with Gasteiger partial charge in [-0.25, -0.2) is 4.79 Å². The zero-order valence-corrected chi connectivity index (χ0v) is 14.9. The topological polar surface area (TPSA) is 66.7 Å². The van der Waals surface area contributed by atoms with Gasteiger partial charge in [0.2, 0.25) is 0 Å². The molecule has 1 fully saturated rings. The van der Waals surface area contributed by atoms with Gasteiger partial charge in [0, 0.05) is 39.1 Å². The molecule has 0 saturated carbocycles. The number of hydrogen-bond acceptors (Lipinski definition) is 5. The molecule has 8 heteroatoms. The summed E-state index contributed by atoms with van der Waals surface area (Å²) in [6.07, 6.45) is 2.21. The van der Waals surface area contributed by atoms with Gasteiger partial charge >= 0.3 is 6.03 Å². The van der Waals surface area contributed by atoms with E-state index in [1.54, 1.807) is 0 Å². The molecule has 3 rings (SSSR count). The summed E-state index contributed by atoms with van der Waals surface area (Å²) < 4.78 is 7.68. The number of likely N-dealkylation sites (N-methyl/N-ethyl adjacent to an activating group) is 1. The minimum Gasteiger partial charge on any atom is -0.379 e. The number of amides is 2. The van der Waals surface area contributed by atoms with Crippen molar-refractivity contribution in [1.29, 1.82) is 0 Å². The smallest absolute Gasteiger partial charge is 0.320 e. The zero-order valence-electron chi connectivity index (χ0n) is 14.9. The maximum Gasteiger partial charge on any atom is 0.320 e. The van der Waals surface area contributed by atoms with E-state index in [4.69, 9.17) is 4.74 Å². The minimum absolute atomic E-state index is 0.127. The van der Waals surface area contributed by atoms with Crippen LogP contribution in [0.5, 0.6) is 0 Å². The number of hydrogen-bond donors (Lipinski definition) is 0. The second-order valence-corrected chi connectivity index (χ2v) is 6.98. The van der Waals surface area contributed by atoms with E-state index >= 15 is 0 Å². The molecule has 134 valence electrons. The number of urea groups is 1. The van der Waals surface area contributed by atoms with Gasteiger partial charge in [-0.05, 0) is 26.9 Å². The van der Waals surface area contributed by atoms with Crippen molar-refractivity contribution in [2.24, 2.45) is 7.05 Å². The molecule has 0 N–H and O–H groups in total. The highest BCUT2D eigenvalue weighted by Crippen LogP contribution is 2.28. The predicted molar refractivity (Wildman–Crippen MR) is 89.7 cm³/mol. The molecule has 2 aliphatic rings. The van der Waals surface area contributed by atoms with Gasteiger partial charge in [0.05, 0.1) is 25.5 Å². The molecular formula is C16H28N6O2. The van der Waals surface area contributed by atoms with E-state index < -0.39 is 0 Å². The Kier molecular flexibility index (Phi) is 5.35. The number of fused-ring (bicyclic) bond motifs is 1. The first-order valence-electron chi connectivity index (χ1n) is 8.71. The first kappa shape index (κ1) is 17.2. The third-order valence-corrected chi connectivity index (χ3v) is 4.76. The van der Waals surface area contributed by atoms with Crippen LogP contribution in [0, 0.1) is 0 Å². The Morgan fingerprint density at radius 3 is 2.75 bits per heavy atom. The number of rotatable bonds is 5. The van der Waals surface area contributed by atoms with Crippen LogP contribution < -0.4 is 0 Å². The Morgan fingerprint density at radius 2 is 2.04 bits per heavy atom. The highest BCUT2D eigenvalue weighted by Gasteiger charge is 2.34. The van der Waals surface area contributed by atoms with Crippen LogP contribution in [0.25, 0.3) is 0 Å². The highest BCUT2D eigenvalue weighted by molar-refractivity contribution is 5.75. The summed E-state index contributed by atoms with van der Waals surface area (Å²) in [5, 5.41) is 8.41. The van der Waals surface area contributed by atoms with Crippen molar-refractivity contribution < 1.29 is 9.53 Å². The lowest BCUT2D eigenvalue weighted by molar-refractivity contribution is 0.0853. The molecule has 1 aromatic heterocycles. The number of likely N-dealkylation sites (tertiary alicyclic amines) is 1. The number of aromatic nitrogens is 3. The van der Waals surface area contributed by atoms with E-state index in [0.29, 0.717) is 26.3 Å². The van der Waals surface area contributed by atoms with E-state index in [9.17, 15) is 4.79 Å². The summed E-state index contributed by atoms with van der Waals surface area (Å²) in [4.78, 5) is 18.7. The molecule has 0 bridgehead atoms. The largest absolute Gasteiger partial charge is 0.379 e. The van der Waals surface area contributed by atoms with Crippen LogP contribution in [0.1, 0.15) is 30.1 Å². The third-order valence-electron chi connectivity index (χ3n) is 4.76. The van der Waals surface area contributed by atoms with E-state index in [1.807, 2.05) is 35.6 Å². The second kappa shape index (κ2) is 7.48. The van der Waals surface area contributed by atoms with Crippen molar-refractivity contribution >= 4 is 6.03 Å². The van der Waals surface area contributed by atoms with Crippen LogP contribution in [0.15, 0.2) is 0 Å². The normalized spacial score (nSPS) is 20.8. The second-order valence-electron chi connectivity index (χ2n) is 6.98. The third kappa shape index (κ3) is 3.70. The van der Waals surface area contributed by atoms with Gasteiger partial charge in [-0.2, -0.15) is 0 Å².